The molecule has 9 aromatic rings. The van der Waals surface area contributed by atoms with Crippen LogP contribution in [0.15, 0.2) is 164 Å². The molecule has 1 aliphatic heterocycles. The molecule has 60 heavy (non-hydrogen) atoms. The smallest absolute Gasteiger partial charge is 0.235 e. The molecule has 6 aromatic carbocycles. The van der Waals surface area contributed by atoms with Crippen molar-refractivity contribution >= 4 is 66.2 Å². The SMILES string of the molecule is CC1C=CC=C(c2nc(-n3c4ccc5c(c4c4c6c(cc(-c7ccc(-n8c9ccccc9c9ccccc98)cc7)c43)C3C=CC=CC3O6)CCC=C5)nc3ccccc23)C1. The zero-order valence-electron chi connectivity index (χ0n) is 33.2. The number of ether oxygens (including phenoxy) is 1. The van der Waals surface area contributed by atoms with Crippen molar-refractivity contribution in [3.05, 3.63) is 186 Å². The average molecular weight is 773 g/mol. The van der Waals surface area contributed by atoms with Gasteiger partial charge in [-0.25, -0.2) is 9.97 Å². The molecule has 4 heterocycles. The van der Waals surface area contributed by atoms with E-state index in [1.807, 2.05) is 0 Å². The molecule has 0 saturated heterocycles. The van der Waals surface area contributed by atoms with Crippen molar-refractivity contribution in [1.82, 2.24) is 19.1 Å². The van der Waals surface area contributed by atoms with Gasteiger partial charge in [0.2, 0.25) is 5.95 Å². The van der Waals surface area contributed by atoms with Crippen molar-refractivity contribution in [2.75, 3.05) is 0 Å². The third-order valence-corrected chi connectivity index (χ3v) is 13.3. The molecule has 5 nitrogen and oxygen atoms in total. The summed E-state index contributed by atoms with van der Waals surface area (Å²) in [6.45, 7) is 2.28. The largest absolute Gasteiger partial charge is 0.484 e. The molecule has 0 saturated carbocycles. The lowest BCUT2D eigenvalue weighted by Gasteiger charge is -2.18. The predicted molar refractivity (Wildman–Crippen MR) is 247 cm³/mol. The van der Waals surface area contributed by atoms with E-state index >= 15 is 0 Å². The van der Waals surface area contributed by atoms with E-state index in [0.29, 0.717) is 11.9 Å². The minimum atomic E-state index is -0.0595. The van der Waals surface area contributed by atoms with Gasteiger partial charge in [-0.3, -0.25) is 4.57 Å². The van der Waals surface area contributed by atoms with E-state index in [1.165, 1.54) is 49.5 Å². The molecule has 3 aliphatic carbocycles. The molecule has 0 radical (unpaired) electrons. The Kier molecular flexibility index (Phi) is 7.23. The van der Waals surface area contributed by atoms with E-state index < -0.39 is 0 Å². The van der Waals surface area contributed by atoms with Gasteiger partial charge in [-0.15, -0.1) is 0 Å². The first kappa shape index (κ1) is 33.7. The molecule has 0 N–H and O–H groups in total. The third-order valence-electron chi connectivity index (χ3n) is 13.3. The van der Waals surface area contributed by atoms with Crippen molar-refractivity contribution in [1.29, 1.82) is 0 Å². The molecule has 3 aromatic heterocycles. The van der Waals surface area contributed by atoms with Gasteiger partial charge in [-0.05, 0) is 96.0 Å². The van der Waals surface area contributed by atoms with Crippen molar-refractivity contribution in [2.24, 2.45) is 5.92 Å². The Morgan fingerprint density at radius 2 is 1.45 bits per heavy atom. The maximum absolute atomic E-state index is 7.08. The van der Waals surface area contributed by atoms with E-state index in [9.17, 15) is 0 Å². The van der Waals surface area contributed by atoms with Crippen LogP contribution < -0.4 is 4.74 Å². The summed E-state index contributed by atoms with van der Waals surface area (Å²) in [5.74, 6) is 2.21. The van der Waals surface area contributed by atoms with Crippen LogP contribution in [0.1, 0.15) is 48.1 Å². The average Bonchev–Trinajstić information content (AvgIpc) is 3.97. The fourth-order valence-corrected chi connectivity index (χ4v) is 10.6. The van der Waals surface area contributed by atoms with Gasteiger partial charge in [-0.1, -0.05) is 128 Å². The Balaban J connectivity index is 1.13. The molecule has 3 unspecified atom stereocenters. The highest BCUT2D eigenvalue weighted by molar-refractivity contribution is 6.19. The Morgan fingerprint density at radius 3 is 2.27 bits per heavy atom. The molecular formula is C55H40N4O. The highest BCUT2D eigenvalue weighted by Crippen LogP contribution is 2.53. The van der Waals surface area contributed by atoms with Crippen LogP contribution in [0, 0.1) is 5.92 Å². The molecule has 0 amide bonds. The summed E-state index contributed by atoms with van der Waals surface area (Å²) in [7, 11) is 0. The quantitative estimate of drug-likeness (QED) is 0.179. The second-order valence-electron chi connectivity index (χ2n) is 16.8. The van der Waals surface area contributed by atoms with Crippen molar-refractivity contribution in [2.45, 2.75) is 38.2 Å². The van der Waals surface area contributed by atoms with Crippen LogP contribution in [0.4, 0.5) is 0 Å². The molecule has 3 atom stereocenters. The highest BCUT2D eigenvalue weighted by atomic mass is 16.5. The number of hydrogen-bond acceptors (Lipinski definition) is 3. The molecular weight excluding hydrogens is 733 g/mol. The standard InChI is InChI=1S/C55H40N4O/c1-33-13-12-15-36(31-33)52-42-20-4-8-21-45(42)56-55(57-52)59-48-30-27-34-14-2-3-16-38(34)50(48)51-53(59)43(32-44-41-19-7-11-24-49(41)60-54(44)51)35-25-28-37(29-26-35)58-46-22-9-5-17-39(46)40-18-6-10-23-47(40)58/h2,4-15,17-30,32-33,41,49H,3,16,31H2,1H3. The van der Waals surface area contributed by atoms with Gasteiger partial charge in [0, 0.05) is 44.3 Å². The molecule has 0 bridgehead atoms. The first-order valence-corrected chi connectivity index (χ1v) is 21.3. The highest BCUT2D eigenvalue weighted by Gasteiger charge is 2.37. The normalized spacial score (nSPS) is 19.0. The lowest BCUT2D eigenvalue weighted by atomic mass is 9.87. The van der Waals surface area contributed by atoms with Crippen LogP contribution in [-0.2, 0) is 6.42 Å². The molecule has 13 rings (SSSR count). The summed E-state index contributed by atoms with van der Waals surface area (Å²) in [5.41, 5.74) is 15.0. The molecule has 5 heteroatoms. The second-order valence-corrected chi connectivity index (χ2v) is 16.8. The van der Waals surface area contributed by atoms with Gasteiger partial charge in [0.05, 0.1) is 38.7 Å². The number of aryl methyl sites for hydroxylation is 1. The number of para-hydroxylation sites is 3. The van der Waals surface area contributed by atoms with Crippen LogP contribution in [0.2, 0.25) is 0 Å². The number of benzene rings is 6. The first-order chi connectivity index (χ1) is 29.7. The fourth-order valence-electron chi connectivity index (χ4n) is 10.6. The Hall–Kier alpha value is -7.24. The maximum Gasteiger partial charge on any atom is 0.235 e. The Morgan fingerprint density at radius 1 is 0.683 bits per heavy atom. The minimum absolute atomic E-state index is 0.0595. The number of aromatic nitrogens is 4. The van der Waals surface area contributed by atoms with Gasteiger partial charge in [-0.2, -0.15) is 0 Å². The van der Waals surface area contributed by atoms with Gasteiger partial charge in [0.15, 0.2) is 0 Å². The van der Waals surface area contributed by atoms with Crippen LogP contribution in [-0.4, -0.2) is 25.2 Å². The number of fused-ring (bicyclic) bond motifs is 13. The summed E-state index contributed by atoms with van der Waals surface area (Å²) in [4.78, 5) is 11.0. The number of rotatable bonds is 4. The van der Waals surface area contributed by atoms with E-state index in [2.05, 4.69) is 186 Å². The number of nitrogens with zero attached hydrogens (tertiary/aromatic N) is 4. The van der Waals surface area contributed by atoms with Crippen LogP contribution >= 0.6 is 0 Å². The zero-order valence-corrected chi connectivity index (χ0v) is 33.2. The van der Waals surface area contributed by atoms with E-state index in [1.54, 1.807) is 0 Å². The summed E-state index contributed by atoms with van der Waals surface area (Å²) in [5, 5.41) is 5.98. The van der Waals surface area contributed by atoms with Crippen LogP contribution in [0.25, 0.3) is 88.9 Å². The van der Waals surface area contributed by atoms with E-state index in [4.69, 9.17) is 14.7 Å². The van der Waals surface area contributed by atoms with Gasteiger partial charge in [0.25, 0.3) is 0 Å². The predicted octanol–water partition coefficient (Wildman–Crippen LogP) is 13.4. The topological polar surface area (TPSA) is 44.9 Å². The van der Waals surface area contributed by atoms with Crippen molar-refractivity contribution in [3.63, 3.8) is 0 Å². The maximum atomic E-state index is 7.08. The van der Waals surface area contributed by atoms with E-state index in [0.717, 1.165) is 74.8 Å². The third kappa shape index (κ3) is 4.86. The van der Waals surface area contributed by atoms with Crippen molar-refractivity contribution in [3.8, 4) is 28.5 Å². The minimum Gasteiger partial charge on any atom is -0.484 e. The van der Waals surface area contributed by atoms with Gasteiger partial charge in [0.1, 0.15) is 11.9 Å². The molecule has 0 fully saturated rings. The molecule has 4 aliphatic rings. The monoisotopic (exact) mass is 772 g/mol. The fraction of sp³-hybridized carbons (Fsp3) is 0.127. The van der Waals surface area contributed by atoms with Crippen LogP contribution in [0.5, 0.6) is 5.75 Å². The second kappa shape index (κ2) is 12.9. The van der Waals surface area contributed by atoms with Gasteiger partial charge >= 0.3 is 0 Å². The summed E-state index contributed by atoms with van der Waals surface area (Å²) in [6.07, 6.45) is 22.9. The van der Waals surface area contributed by atoms with Crippen molar-refractivity contribution < 1.29 is 4.74 Å². The lowest BCUT2D eigenvalue weighted by molar-refractivity contribution is 0.271. The Labute approximate surface area is 347 Å². The van der Waals surface area contributed by atoms with Crippen LogP contribution in [0.3, 0.4) is 0 Å². The summed E-state index contributed by atoms with van der Waals surface area (Å²) >= 11 is 0. The lowest BCUT2D eigenvalue weighted by Crippen LogP contribution is -2.15. The first-order valence-electron chi connectivity index (χ1n) is 21.3. The number of hydrogen-bond donors (Lipinski definition) is 0. The van der Waals surface area contributed by atoms with Gasteiger partial charge < -0.3 is 9.30 Å². The summed E-state index contributed by atoms with van der Waals surface area (Å²) in [6, 6.07) is 42.1. The molecule has 0 spiro atoms. The summed E-state index contributed by atoms with van der Waals surface area (Å²) < 4.78 is 11.8. The molecule has 286 valence electrons. The zero-order chi connectivity index (χ0) is 39.5. The Bertz CT molecular complexity index is 3410. The van der Waals surface area contributed by atoms with E-state index in [-0.39, 0.29) is 12.0 Å². The number of allylic oxidation sites excluding steroid dienone is 7.